The van der Waals surface area contributed by atoms with Crippen LogP contribution in [0.2, 0.25) is 5.02 Å². The van der Waals surface area contributed by atoms with Gasteiger partial charge in [0.15, 0.2) is 0 Å². The third kappa shape index (κ3) is 2.75. The number of anilines is 1. The highest BCUT2D eigenvalue weighted by molar-refractivity contribution is 6.30. The van der Waals surface area contributed by atoms with Crippen LogP contribution < -0.4 is 10.4 Å². The average molecular weight is 372 g/mol. The van der Waals surface area contributed by atoms with Gasteiger partial charge >= 0.3 is 0 Å². The average Bonchev–Trinajstić information content (AvgIpc) is 2.96. The first kappa shape index (κ1) is 17.0. The Hall–Kier alpha value is -2.44. The number of carbonyl (C=O) groups is 2. The van der Waals surface area contributed by atoms with Gasteiger partial charge in [-0.3, -0.25) is 19.8 Å². The summed E-state index contributed by atoms with van der Waals surface area (Å²) in [6, 6.07) is 7.13. The number of halogens is 1. The van der Waals surface area contributed by atoms with E-state index in [4.69, 9.17) is 16.8 Å². The first-order valence-electron chi connectivity index (χ1n) is 8.51. The fourth-order valence-electron chi connectivity index (χ4n) is 4.07. The van der Waals surface area contributed by atoms with Gasteiger partial charge in [-0.25, -0.2) is 5.48 Å². The van der Waals surface area contributed by atoms with Gasteiger partial charge in [-0.2, -0.15) is 0 Å². The molecule has 2 heterocycles. The second kappa shape index (κ2) is 6.37. The minimum atomic E-state index is -0.523. The minimum Gasteiger partial charge on any atom is -0.310 e. The highest BCUT2D eigenvalue weighted by atomic mass is 35.5. The van der Waals surface area contributed by atoms with Crippen molar-refractivity contribution in [2.75, 3.05) is 11.4 Å². The molecule has 0 radical (unpaired) electrons. The number of amides is 2. The summed E-state index contributed by atoms with van der Waals surface area (Å²) in [4.78, 5) is 30.6. The molecule has 6 nitrogen and oxygen atoms in total. The molecule has 4 rings (SSSR count). The van der Waals surface area contributed by atoms with Crippen molar-refractivity contribution in [1.82, 2.24) is 10.5 Å². The summed E-state index contributed by atoms with van der Waals surface area (Å²) >= 11 is 6.02. The van der Waals surface area contributed by atoms with Gasteiger partial charge in [0.05, 0.1) is 22.3 Å². The number of carbonyl (C=O) groups excluding carboxylic acids is 2. The van der Waals surface area contributed by atoms with Crippen LogP contribution in [-0.2, 0) is 17.6 Å². The first-order chi connectivity index (χ1) is 12.5. The molecule has 1 atom stereocenters. The van der Waals surface area contributed by atoms with E-state index >= 15 is 0 Å². The molecule has 0 bridgehead atoms. The summed E-state index contributed by atoms with van der Waals surface area (Å²) in [6.45, 7) is 0.654. The van der Waals surface area contributed by atoms with E-state index in [1.54, 1.807) is 41.0 Å². The van der Waals surface area contributed by atoms with Crippen LogP contribution in [0.25, 0.3) is 0 Å². The topological polar surface area (TPSA) is 82.5 Å². The molecular weight excluding hydrogens is 354 g/mol. The molecule has 1 saturated heterocycles. The lowest BCUT2D eigenvalue weighted by Crippen LogP contribution is -2.38. The second-order valence-corrected chi connectivity index (χ2v) is 7.39. The molecule has 0 unspecified atom stereocenters. The molecule has 0 saturated carbocycles. The molecule has 2 amide bonds. The molecule has 2 aliphatic rings. The monoisotopic (exact) mass is 371 g/mol. The van der Waals surface area contributed by atoms with E-state index < -0.39 is 11.3 Å². The van der Waals surface area contributed by atoms with Crippen molar-refractivity contribution in [2.24, 2.45) is 5.41 Å². The van der Waals surface area contributed by atoms with Crippen LogP contribution in [0.4, 0.5) is 5.69 Å². The van der Waals surface area contributed by atoms with Crippen LogP contribution in [0.1, 0.15) is 34.3 Å². The van der Waals surface area contributed by atoms with Gasteiger partial charge < -0.3 is 4.90 Å². The Morgan fingerprint density at radius 1 is 1.23 bits per heavy atom. The van der Waals surface area contributed by atoms with E-state index in [9.17, 15) is 9.59 Å². The lowest BCUT2D eigenvalue weighted by molar-refractivity contribution is -0.126. The smallest absolute Gasteiger partial charge is 0.274 e. The quantitative estimate of drug-likeness (QED) is 0.628. The lowest BCUT2D eigenvalue weighted by Gasteiger charge is -2.33. The summed E-state index contributed by atoms with van der Waals surface area (Å²) in [5.74, 6) is -0.408. The van der Waals surface area contributed by atoms with Gasteiger partial charge in [-0.15, -0.1) is 0 Å². The number of hydrogen-bond acceptors (Lipinski definition) is 4. The number of aromatic nitrogens is 1. The number of nitrogens with one attached hydrogen (secondary N) is 1. The Kier molecular flexibility index (Phi) is 4.17. The van der Waals surface area contributed by atoms with Crippen LogP contribution in [0.15, 0.2) is 36.7 Å². The zero-order valence-electron chi connectivity index (χ0n) is 14.0. The van der Waals surface area contributed by atoms with Crippen molar-refractivity contribution in [3.8, 4) is 0 Å². The van der Waals surface area contributed by atoms with Crippen LogP contribution in [0.3, 0.4) is 0 Å². The Morgan fingerprint density at radius 2 is 2.08 bits per heavy atom. The molecule has 26 heavy (non-hydrogen) atoms. The zero-order valence-corrected chi connectivity index (χ0v) is 14.8. The number of nitrogens with zero attached hydrogens (tertiary/aromatic N) is 2. The number of hydrogen-bond donors (Lipinski definition) is 2. The number of hydroxylamine groups is 1. The van der Waals surface area contributed by atoms with Crippen LogP contribution >= 0.6 is 11.6 Å². The largest absolute Gasteiger partial charge is 0.310 e. The van der Waals surface area contributed by atoms with E-state index in [1.165, 1.54) is 0 Å². The van der Waals surface area contributed by atoms with Crippen LogP contribution in [0.5, 0.6) is 0 Å². The number of fused-ring (bicyclic) bond motifs is 1. The van der Waals surface area contributed by atoms with Gasteiger partial charge in [0.1, 0.15) is 0 Å². The van der Waals surface area contributed by atoms with Crippen molar-refractivity contribution in [3.05, 3.63) is 58.4 Å². The summed E-state index contributed by atoms with van der Waals surface area (Å²) < 4.78 is 0. The van der Waals surface area contributed by atoms with Gasteiger partial charge in [-0.1, -0.05) is 17.7 Å². The number of rotatable bonds is 2. The fourth-order valence-corrected chi connectivity index (χ4v) is 4.24. The maximum atomic E-state index is 13.2. The second-order valence-electron chi connectivity index (χ2n) is 6.95. The minimum absolute atomic E-state index is 0.115. The van der Waals surface area contributed by atoms with Crippen molar-refractivity contribution in [1.29, 1.82) is 0 Å². The van der Waals surface area contributed by atoms with E-state index in [0.717, 1.165) is 36.1 Å². The summed E-state index contributed by atoms with van der Waals surface area (Å²) in [5.41, 5.74) is 4.56. The highest BCUT2D eigenvalue weighted by Gasteiger charge is 2.48. The highest BCUT2D eigenvalue weighted by Crippen LogP contribution is 2.45. The van der Waals surface area contributed by atoms with Crippen molar-refractivity contribution in [2.45, 2.75) is 25.7 Å². The molecule has 1 aromatic carbocycles. The molecule has 2 aromatic rings. The normalized spacial score (nSPS) is 21.8. The molecule has 1 fully saturated rings. The Morgan fingerprint density at radius 3 is 2.85 bits per heavy atom. The standard InChI is InChI=1S/C19H18ClN3O3/c20-15-8-16(11-21-10-15)23-6-5-19(18(23)25)4-3-12-7-13(17(24)22-26)1-2-14(12)9-19/h1-2,7-8,10-11,26H,3-6,9H2,(H,22,24)/t19-/m0/s1. The molecule has 7 heteroatoms. The summed E-state index contributed by atoms with van der Waals surface area (Å²) in [7, 11) is 0. The number of aryl methyl sites for hydroxylation is 1. The number of benzene rings is 1. The van der Waals surface area contributed by atoms with E-state index in [0.29, 0.717) is 23.6 Å². The van der Waals surface area contributed by atoms with E-state index in [-0.39, 0.29) is 5.91 Å². The third-order valence-corrected chi connectivity index (χ3v) is 5.69. The molecule has 1 aliphatic carbocycles. The van der Waals surface area contributed by atoms with Crippen molar-refractivity contribution >= 4 is 29.1 Å². The van der Waals surface area contributed by atoms with Crippen molar-refractivity contribution < 1.29 is 14.8 Å². The zero-order chi connectivity index (χ0) is 18.3. The molecular formula is C19H18ClN3O3. The maximum absolute atomic E-state index is 13.2. The molecule has 1 aliphatic heterocycles. The molecule has 1 aromatic heterocycles. The molecule has 2 N–H and O–H groups in total. The lowest BCUT2D eigenvalue weighted by atomic mass is 9.70. The van der Waals surface area contributed by atoms with Gasteiger partial charge in [0.25, 0.3) is 5.91 Å². The van der Waals surface area contributed by atoms with Crippen molar-refractivity contribution in [3.63, 3.8) is 0 Å². The van der Waals surface area contributed by atoms with Crippen LogP contribution in [-0.4, -0.2) is 28.6 Å². The molecule has 134 valence electrons. The predicted octanol–water partition coefficient (Wildman–Crippen LogP) is 2.77. The number of pyridine rings is 1. The summed E-state index contributed by atoms with van der Waals surface area (Å²) in [6.07, 6.45) is 6.14. The Labute approximate surface area is 155 Å². The first-order valence-corrected chi connectivity index (χ1v) is 8.89. The Bertz CT molecular complexity index is 901. The third-order valence-electron chi connectivity index (χ3n) is 5.49. The SMILES string of the molecule is O=C(NO)c1ccc2c(c1)CC[C@]1(CCN(c3cncc(Cl)c3)C1=O)C2. The van der Waals surface area contributed by atoms with Gasteiger partial charge in [0, 0.05) is 18.3 Å². The van der Waals surface area contributed by atoms with Crippen LogP contribution in [0, 0.1) is 5.41 Å². The van der Waals surface area contributed by atoms with E-state index in [2.05, 4.69) is 4.98 Å². The Balaban J connectivity index is 1.60. The fraction of sp³-hybridized carbons (Fsp3) is 0.316. The van der Waals surface area contributed by atoms with Gasteiger partial charge in [-0.05, 0) is 55.0 Å². The maximum Gasteiger partial charge on any atom is 0.274 e. The summed E-state index contributed by atoms with van der Waals surface area (Å²) in [5, 5.41) is 9.30. The molecule has 1 spiro atoms. The van der Waals surface area contributed by atoms with E-state index in [1.807, 2.05) is 6.07 Å². The predicted molar refractivity (Wildman–Crippen MR) is 96.4 cm³/mol. The van der Waals surface area contributed by atoms with Gasteiger partial charge in [0.2, 0.25) is 5.91 Å².